The predicted molar refractivity (Wildman–Crippen MR) is 121 cm³/mol. The van der Waals surface area contributed by atoms with E-state index in [9.17, 15) is 63.6 Å². The Hall–Kier alpha value is -2.36. The Kier molecular flexibility index (Phi) is 9.85. The van der Waals surface area contributed by atoms with Crippen LogP contribution in [0, 0.1) is 0 Å². The van der Waals surface area contributed by atoms with Crippen molar-refractivity contribution in [2.24, 2.45) is 0 Å². The molecule has 9 N–H and O–H groups in total. The molecule has 3 rings (SSSR count). The van der Waals surface area contributed by atoms with Gasteiger partial charge in [0.2, 0.25) is 5.91 Å². The van der Waals surface area contributed by atoms with Crippen LogP contribution in [-0.4, -0.2) is 112 Å². The molecule has 226 valence electrons. The number of phosphoric acid groups is 2. The first-order chi connectivity index (χ1) is 18.4. The molecule has 0 radical (unpaired) electrons. The van der Waals surface area contributed by atoms with E-state index in [2.05, 4.69) is 13.4 Å². The Morgan fingerprint density at radius 2 is 1.68 bits per heavy atom. The molecule has 3 heterocycles. The number of aromatic nitrogens is 2. The number of ether oxygens (including phenoxy) is 2. The zero-order valence-corrected chi connectivity index (χ0v) is 21.8. The van der Waals surface area contributed by atoms with E-state index in [1.807, 2.05) is 10.3 Å². The zero-order chi connectivity index (χ0) is 30.2. The van der Waals surface area contributed by atoms with Crippen LogP contribution >= 0.6 is 15.6 Å². The molecule has 2 saturated heterocycles. The number of nitrogens with zero attached hydrogens (tertiary/aromatic N) is 1. The van der Waals surface area contributed by atoms with Gasteiger partial charge >= 0.3 is 27.3 Å². The number of hydrogen-bond donors (Lipinski definition) is 9. The van der Waals surface area contributed by atoms with E-state index in [1.54, 1.807) is 0 Å². The van der Waals surface area contributed by atoms with E-state index >= 15 is 0 Å². The van der Waals surface area contributed by atoms with Crippen molar-refractivity contribution >= 4 is 27.5 Å². The van der Waals surface area contributed by atoms with Crippen LogP contribution in [0.25, 0.3) is 0 Å². The van der Waals surface area contributed by atoms with E-state index in [4.69, 9.17) is 9.47 Å². The SMILES string of the molecule is CC(=O)N[C@@H]1C(O)O[C@@H](C(=O)OP(=O)(O)OP(=O)(O)OC[C@H]2O[C@@H](n3ccc(=O)[nH]c3=O)[C@H](O)[C@@H]2O)[C@@H](O)[C@H]1O. The Labute approximate surface area is 221 Å². The molecule has 23 heteroatoms. The summed E-state index contributed by atoms with van der Waals surface area (Å²) in [4.78, 5) is 67.9. The number of aliphatic hydroxyl groups excluding tert-OH is 5. The van der Waals surface area contributed by atoms with Gasteiger partial charge in [0, 0.05) is 19.2 Å². The number of carbonyl (C=O) groups is 2. The van der Waals surface area contributed by atoms with Gasteiger partial charge in [-0.2, -0.15) is 4.31 Å². The molecule has 1 aromatic heterocycles. The number of nitrogens with one attached hydrogen (secondary N) is 2. The van der Waals surface area contributed by atoms with E-state index in [-0.39, 0.29) is 0 Å². The van der Waals surface area contributed by atoms with Gasteiger partial charge in [0.05, 0.1) is 6.61 Å². The summed E-state index contributed by atoms with van der Waals surface area (Å²) in [5.41, 5.74) is -1.80. The predicted octanol–water partition coefficient (Wildman–Crippen LogP) is -5.12. The van der Waals surface area contributed by atoms with Crippen LogP contribution in [-0.2, 0) is 41.6 Å². The second-order valence-corrected chi connectivity index (χ2v) is 11.4. The quantitative estimate of drug-likeness (QED) is 0.116. The highest BCUT2D eigenvalue weighted by Crippen LogP contribution is 2.60. The lowest BCUT2D eigenvalue weighted by Crippen LogP contribution is -2.64. The maximum Gasteiger partial charge on any atom is 0.538 e. The minimum atomic E-state index is -5.84. The standard InChI is InChI=1S/C17H25N3O18P2/c1-5(21)18-8-10(24)11(25)13(36-15(8)27)16(28)37-40(32,33)38-39(30,31)34-4-6-9(23)12(26)14(35-6)20-3-2-7(22)19-17(20)29/h2-3,6,8-15,23-27H,4H2,1H3,(H,18,21)(H,30,31)(H,32,33)(H,19,22,29)/t6-,8+,9-,10+,11+,12-,13-,14-,15?/m1/s1. The number of carbonyl (C=O) groups excluding carboxylic acids is 2. The molecule has 0 saturated carbocycles. The van der Waals surface area contributed by atoms with E-state index in [0.717, 1.165) is 19.2 Å². The Balaban J connectivity index is 1.59. The molecule has 0 bridgehead atoms. The molecule has 21 nitrogen and oxygen atoms in total. The number of amides is 1. The van der Waals surface area contributed by atoms with Gasteiger partial charge < -0.3 is 49.7 Å². The average Bonchev–Trinajstić information content (AvgIpc) is 3.10. The maximum absolute atomic E-state index is 12.2. The number of phosphoric ester groups is 2. The Morgan fingerprint density at radius 3 is 2.27 bits per heavy atom. The highest BCUT2D eigenvalue weighted by atomic mass is 31.3. The summed E-state index contributed by atoms with van der Waals surface area (Å²) in [7, 11) is -11.5. The topological polar surface area (TPSA) is 323 Å². The summed E-state index contributed by atoms with van der Waals surface area (Å²) in [6.07, 6.45) is -14.6. The van der Waals surface area contributed by atoms with E-state index in [1.165, 1.54) is 0 Å². The van der Waals surface area contributed by atoms with Crippen molar-refractivity contribution < 1.29 is 76.9 Å². The zero-order valence-electron chi connectivity index (χ0n) is 20.0. The molecule has 2 fully saturated rings. The van der Waals surface area contributed by atoms with Gasteiger partial charge in [-0.15, -0.1) is 0 Å². The second-order valence-electron chi connectivity index (χ2n) is 8.44. The summed E-state index contributed by atoms with van der Waals surface area (Å²) in [5.74, 6) is -2.69. The van der Waals surface area contributed by atoms with Crippen LogP contribution in [0.4, 0.5) is 0 Å². The van der Waals surface area contributed by atoms with Crippen LogP contribution in [0.15, 0.2) is 21.9 Å². The second kappa shape index (κ2) is 12.2. The van der Waals surface area contributed by atoms with Crippen molar-refractivity contribution in [3.8, 4) is 0 Å². The van der Waals surface area contributed by atoms with Crippen LogP contribution in [0.2, 0.25) is 0 Å². The molecule has 2 aliphatic rings. The molecule has 40 heavy (non-hydrogen) atoms. The first-order valence-corrected chi connectivity index (χ1v) is 14.0. The fourth-order valence-electron chi connectivity index (χ4n) is 3.69. The summed E-state index contributed by atoms with van der Waals surface area (Å²) in [5, 5.41) is 52.3. The molecule has 1 amide bonds. The van der Waals surface area contributed by atoms with Gasteiger partial charge in [0.15, 0.2) is 18.6 Å². The third kappa shape index (κ3) is 7.47. The first-order valence-electron chi connectivity index (χ1n) is 11.0. The largest absolute Gasteiger partial charge is 0.538 e. The average molecular weight is 621 g/mol. The molecule has 0 aromatic carbocycles. The van der Waals surface area contributed by atoms with Crippen molar-refractivity contribution in [2.75, 3.05) is 6.61 Å². The van der Waals surface area contributed by atoms with Gasteiger partial charge in [0.25, 0.3) is 5.56 Å². The fraction of sp³-hybridized carbons (Fsp3) is 0.647. The van der Waals surface area contributed by atoms with Crippen LogP contribution < -0.4 is 16.6 Å². The minimum absolute atomic E-state index is 0.694. The lowest BCUT2D eigenvalue weighted by molar-refractivity contribution is -0.248. The number of aliphatic hydroxyl groups is 5. The monoisotopic (exact) mass is 621 g/mol. The molecule has 1 aromatic rings. The van der Waals surface area contributed by atoms with Gasteiger partial charge in [-0.3, -0.25) is 28.6 Å². The van der Waals surface area contributed by atoms with Gasteiger partial charge in [-0.1, -0.05) is 0 Å². The van der Waals surface area contributed by atoms with E-state index < -0.39 is 101 Å². The molecule has 3 unspecified atom stereocenters. The summed E-state index contributed by atoms with van der Waals surface area (Å²) in [6.45, 7) is -0.0869. The van der Waals surface area contributed by atoms with Crippen LogP contribution in [0.5, 0.6) is 0 Å². The number of aromatic amines is 1. The molecular formula is C17H25N3O18P2. The summed E-state index contributed by atoms with van der Waals surface area (Å²) < 4.78 is 47.4. The minimum Gasteiger partial charge on any atom is -0.388 e. The van der Waals surface area contributed by atoms with E-state index in [0.29, 0.717) is 4.57 Å². The Morgan fingerprint density at radius 1 is 1.02 bits per heavy atom. The maximum atomic E-state index is 12.2. The molecule has 0 aliphatic carbocycles. The fourth-order valence-corrected chi connectivity index (χ4v) is 5.72. The van der Waals surface area contributed by atoms with Crippen molar-refractivity contribution in [3.05, 3.63) is 33.1 Å². The summed E-state index contributed by atoms with van der Waals surface area (Å²) in [6, 6.07) is -0.696. The molecule has 0 spiro atoms. The third-order valence-corrected chi connectivity index (χ3v) is 8.04. The first kappa shape index (κ1) is 32.2. The lowest BCUT2D eigenvalue weighted by Gasteiger charge is -2.39. The summed E-state index contributed by atoms with van der Waals surface area (Å²) >= 11 is 0. The lowest BCUT2D eigenvalue weighted by atomic mass is 9.97. The smallest absolute Gasteiger partial charge is 0.388 e. The highest BCUT2D eigenvalue weighted by Gasteiger charge is 2.51. The normalized spacial score (nSPS) is 35.4. The Bertz CT molecular complexity index is 1320. The van der Waals surface area contributed by atoms with Crippen molar-refractivity contribution in [3.63, 3.8) is 0 Å². The third-order valence-electron chi connectivity index (χ3n) is 5.50. The number of hydrogen-bond acceptors (Lipinski definition) is 16. The molecule has 2 aliphatic heterocycles. The van der Waals surface area contributed by atoms with Crippen LogP contribution in [0.3, 0.4) is 0 Å². The van der Waals surface area contributed by atoms with Gasteiger partial charge in [0.1, 0.15) is 36.6 Å². The van der Waals surface area contributed by atoms with Crippen molar-refractivity contribution in [1.82, 2.24) is 14.9 Å². The van der Waals surface area contributed by atoms with Crippen molar-refractivity contribution in [1.29, 1.82) is 0 Å². The van der Waals surface area contributed by atoms with Gasteiger partial charge in [-0.25, -0.2) is 18.7 Å². The number of rotatable bonds is 9. The molecule has 11 atom stereocenters. The van der Waals surface area contributed by atoms with Crippen LogP contribution in [0.1, 0.15) is 13.2 Å². The highest BCUT2D eigenvalue weighted by molar-refractivity contribution is 7.61. The molecular weight excluding hydrogens is 596 g/mol. The van der Waals surface area contributed by atoms with Crippen molar-refractivity contribution in [2.45, 2.75) is 62.1 Å². The number of H-pyrrole nitrogens is 1. The van der Waals surface area contributed by atoms with Gasteiger partial charge in [-0.05, 0) is 0 Å².